The fraction of sp³-hybridized carbons (Fsp3) is 0.375. The maximum atomic E-state index is 5.27. The van der Waals surface area contributed by atoms with Crippen molar-refractivity contribution >= 4 is 5.69 Å². The highest BCUT2D eigenvalue weighted by Crippen LogP contribution is 2.27. The van der Waals surface area contributed by atoms with Gasteiger partial charge in [-0.25, -0.2) is 0 Å². The minimum Gasteiger partial charge on any atom is -0.384 e. The Balaban J connectivity index is 1.74. The zero-order valence-corrected chi connectivity index (χ0v) is 11.7. The summed E-state index contributed by atoms with van der Waals surface area (Å²) in [6.07, 6.45) is 8.16. The molecule has 1 atom stereocenters. The molecule has 0 saturated heterocycles. The topological polar surface area (TPSA) is 51.0 Å². The van der Waals surface area contributed by atoms with Crippen molar-refractivity contribution < 1.29 is 4.52 Å². The van der Waals surface area contributed by atoms with Gasteiger partial charge < -0.3 is 9.84 Å². The van der Waals surface area contributed by atoms with Crippen LogP contribution >= 0.6 is 0 Å². The maximum absolute atomic E-state index is 5.27. The van der Waals surface area contributed by atoms with E-state index in [2.05, 4.69) is 33.7 Å². The Labute approximate surface area is 118 Å². The highest BCUT2D eigenvalue weighted by molar-refractivity contribution is 5.72. The average Bonchev–Trinajstić information content (AvgIpc) is 2.93. The normalized spacial score (nSPS) is 18.1. The Morgan fingerprint density at radius 3 is 2.95 bits per heavy atom. The van der Waals surface area contributed by atoms with Crippen molar-refractivity contribution in [2.24, 2.45) is 5.92 Å². The second-order valence-corrected chi connectivity index (χ2v) is 5.22. The van der Waals surface area contributed by atoms with Crippen LogP contribution in [-0.2, 0) is 0 Å². The molecule has 1 heterocycles. The summed E-state index contributed by atoms with van der Waals surface area (Å²) in [5.41, 5.74) is 2.03. The zero-order valence-electron chi connectivity index (χ0n) is 11.7. The molecule has 1 aliphatic rings. The maximum Gasteiger partial charge on any atom is 0.260 e. The summed E-state index contributed by atoms with van der Waals surface area (Å²) in [5, 5.41) is 7.39. The predicted molar refractivity (Wildman–Crippen MR) is 79.4 cm³/mol. The Morgan fingerprint density at radius 2 is 2.20 bits per heavy atom. The number of aryl methyl sites for hydroxylation is 1. The quantitative estimate of drug-likeness (QED) is 0.857. The average molecular weight is 269 g/mol. The first-order chi connectivity index (χ1) is 9.83. The summed E-state index contributed by atoms with van der Waals surface area (Å²) in [5.74, 6) is 1.94. The molecule has 0 fully saturated rings. The number of hydrogen-bond donors (Lipinski definition) is 1. The van der Waals surface area contributed by atoms with Crippen LogP contribution in [0.25, 0.3) is 11.5 Å². The first kappa shape index (κ1) is 12.9. The van der Waals surface area contributed by atoms with Crippen molar-refractivity contribution in [1.82, 2.24) is 10.1 Å². The van der Waals surface area contributed by atoms with Gasteiger partial charge in [-0.3, -0.25) is 0 Å². The molecule has 4 nitrogen and oxygen atoms in total. The number of anilines is 1. The van der Waals surface area contributed by atoms with E-state index in [-0.39, 0.29) is 0 Å². The number of rotatable bonds is 4. The van der Waals surface area contributed by atoms with Crippen molar-refractivity contribution in [2.75, 3.05) is 11.9 Å². The number of aromatic nitrogens is 2. The first-order valence-electron chi connectivity index (χ1n) is 7.11. The van der Waals surface area contributed by atoms with E-state index < -0.39 is 0 Å². The van der Waals surface area contributed by atoms with Crippen molar-refractivity contribution in [3.05, 3.63) is 42.2 Å². The van der Waals surface area contributed by atoms with Gasteiger partial charge in [-0.05, 0) is 44.2 Å². The minimum atomic E-state index is 0.578. The van der Waals surface area contributed by atoms with Crippen molar-refractivity contribution in [2.45, 2.75) is 26.2 Å². The lowest BCUT2D eigenvalue weighted by Crippen LogP contribution is -2.15. The molecule has 0 amide bonds. The summed E-state index contributed by atoms with van der Waals surface area (Å²) in [6.45, 7) is 2.81. The molecule has 1 aromatic carbocycles. The minimum absolute atomic E-state index is 0.578. The Bertz CT molecular complexity index is 603. The lowest BCUT2D eigenvalue weighted by molar-refractivity contribution is 0.425. The summed E-state index contributed by atoms with van der Waals surface area (Å²) in [7, 11) is 0. The molecule has 0 bridgehead atoms. The number of nitrogens with zero attached hydrogens (tertiary/aromatic N) is 2. The number of benzene rings is 1. The summed E-state index contributed by atoms with van der Waals surface area (Å²) >= 11 is 0. The van der Waals surface area contributed by atoms with Gasteiger partial charge in [0.15, 0.2) is 5.82 Å². The van der Waals surface area contributed by atoms with Crippen LogP contribution in [0, 0.1) is 12.8 Å². The molecule has 0 aliphatic heterocycles. The van der Waals surface area contributed by atoms with Crippen LogP contribution in [0.3, 0.4) is 0 Å². The van der Waals surface area contributed by atoms with E-state index in [4.69, 9.17) is 4.52 Å². The molecule has 1 unspecified atom stereocenters. The van der Waals surface area contributed by atoms with Gasteiger partial charge in [0.05, 0.1) is 5.56 Å². The zero-order chi connectivity index (χ0) is 13.8. The highest BCUT2D eigenvalue weighted by Gasteiger charge is 2.13. The van der Waals surface area contributed by atoms with Gasteiger partial charge in [0.2, 0.25) is 0 Å². The second kappa shape index (κ2) is 5.90. The molecule has 0 saturated carbocycles. The van der Waals surface area contributed by atoms with Gasteiger partial charge in [0, 0.05) is 12.2 Å². The third-order valence-electron chi connectivity index (χ3n) is 3.64. The molecular weight excluding hydrogens is 250 g/mol. The Hall–Kier alpha value is -2.10. The van der Waals surface area contributed by atoms with Crippen molar-refractivity contribution in [1.29, 1.82) is 0 Å². The van der Waals surface area contributed by atoms with Gasteiger partial charge >= 0.3 is 0 Å². The van der Waals surface area contributed by atoms with Crippen LogP contribution in [-0.4, -0.2) is 16.7 Å². The molecule has 4 heteroatoms. The van der Waals surface area contributed by atoms with Crippen LogP contribution in [0.4, 0.5) is 5.69 Å². The Morgan fingerprint density at radius 1 is 1.30 bits per heavy atom. The van der Waals surface area contributed by atoms with Gasteiger partial charge in [0.25, 0.3) is 5.89 Å². The molecule has 2 aromatic rings. The molecule has 0 spiro atoms. The molecule has 1 N–H and O–H groups in total. The summed E-state index contributed by atoms with van der Waals surface area (Å²) in [4.78, 5) is 4.31. The largest absolute Gasteiger partial charge is 0.384 e. The molecule has 3 rings (SSSR count). The monoisotopic (exact) mass is 269 g/mol. The fourth-order valence-electron chi connectivity index (χ4n) is 2.53. The third-order valence-corrected chi connectivity index (χ3v) is 3.64. The van der Waals surface area contributed by atoms with E-state index in [0.29, 0.717) is 17.6 Å². The number of para-hydroxylation sites is 1. The SMILES string of the molecule is Cc1noc(-c2ccccc2NCC2CC=CCC2)n1. The van der Waals surface area contributed by atoms with Crippen molar-refractivity contribution in [3.63, 3.8) is 0 Å². The Kier molecular flexibility index (Phi) is 3.81. The number of allylic oxidation sites excluding steroid dienone is 2. The smallest absolute Gasteiger partial charge is 0.260 e. The first-order valence-corrected chi connectivity index (χ1v) is 7.11. The van der Waals surface area contributed by atoms with Gasteiger partial charge in [-0.1, -0.05) is 29.4 Å². The third kappa shape index (κ3) is 2.90. The molecule has 0 radical (unpaired) electrons. The van der Waals surface area contributed by atoms with Crippen molar-refractivity contribution in [3.8, 4) is 11.5 Å². The second-order valence-electron chi connectivity index (χ2n) is 5.22. The summed E-state index contributed by atoms with van der Waals surface area (Å²) in [6, 6.07) is 8.09. The van der Waals surface area contributed by atoms with Crippen LogP contribution in [0.1, 0.15) is 25.1 Å². The van der Waals surface area contributed by atoms with E-state index in [1.807, 2.05) is 25.1 Å². The molecule has 104 valence electrons. The number of nitrogens with one attached hydrogen (secondary N) is 1. The molecule has 1 aromatic heterocycles. The van der Waals surface area contributed by atoms with Crippen LogP contribution in [0.2, 0.25) is 0 Å². The van der Waals surface area contributed by atoms with E-state index in [9.17, 15) is 0 Å². The van der Waals surface area contributed by atoms with E-state index in [1.165, 1.54) is 12.8 Å². The van der Waals surface area contributed by atoms with Crippen LogP contribution in [0.5, 0.6) is 0 Å². The highest BCUT2D eigenvalue weighted by atomic mass is 16.5. The van der Waals surface area contributed by atoms with E-state index >= 15 is 0 Å². The lowest BCUT2D eigenvalue weighted by atomic mass is 9.94. The molecule has 20 heavy (non-hydrogen) atoms. The number of hydrogen-bond acceptors (Lipinski definition) is 4. The standard InChI is InChI=1S/C16H19N3O/c1-12-18-16(20-19-12)14-9-5-6-10-15(14)17-11-13-7-3-2-4-8-13/h2-3,5-6,9-10,13,17H,4,7-8,11H2,1H3. The van der Waals surface area contributed by atoms with Gasteiger partial charge in [0.1, 0.15) is 0 Å². The predicted octanol–water partition coefficient (Wildman–Crippen LogP) is 3.81. The molecular formula is C16H19N3O. The lowest BCUT2D eigenvalue weighted by Gasteiger charge is -2.19. The van der Waals surface area contributed by atoms with Gasteiger partial charge in [-0.2, -0.15) is 4.98 Å². The van der Waals surface area contributed by atoms with Gasteiger partial charge in [-0.15, -0.1) is 0 Å². The molecule has 1 aliphatic carbocycles. The summed E-state index contributed by atoms with van der Waals surface area (Å²) < 4.78 is 5.27. The van der Waals surface area contributed by atoms with E-state index in [0.717, 1.165) is 24.2 Å². The van der Waals surface area contributed by atoms with Crippen LogP contribution in [0.15, 0.2) is 40.9 Å². The fourth-order valence-corrected chi connectivity index (χ4v) is 2.53. The van der Waals surface area contributed by atoms with Crippen LogP contribution < -0.4 is 5.32 Å². The van der Waals surface area contributed by atoms with E-state index in [1.54, 1.807) is 0 Å².